The molecule has 4 heterocycles. The summed E-state index contributed by atoms with van der Waals surface area (Å²) in [4.78, 5) is 5.37. The van der Waals surface area contributed by atoms with Crippen LogP contribution in [0.15, 0.2) is 0 Å². The molecule has 0 aromatic heterocycles. The average Bonchev–Trinajstić information content (AvgIpc) is 3.08. The van der Waals surface area contributed by atoms with Crippen LogP contribution in [0.2, 0.25) is 0 Å². The maximum absolute atomic E-state index is 6.84. The van der Waals surface area contributed by atoms with E-state index in [1.54, 1.807) is 0 Å². The number of fused-ring (bicyclic) bond motifs is 2. The third-order valence-electron chi connectivity index (χ3n) is 7.86. The van der Waals surface area contributed by atoms with Crippen molar-refractivity contribution in [2.75, 3.05) is 13.1 Å². The van der Waals surface area contributed by atoms with Crippen molar-refractivity contribution >= 4 is 0 Å². The summed E-state index contributed by atoms with van der Waals surface area (Å²) in [7, 11) is 0. The minimum absolute atomic E-state index is 0.426. The molecule has 4 aliphatic heterocycles. The van der Waals surface area contributed by atoms with Crippen molar-refractivity contribution in [3.63, 3.8) is 0 Å². The Balaban J connectivity index is 1.41. The molecule has 2 aliphatic carbocycles. The molecule has 6 atom stereocenters. The van der Waals surface area contributed by atoms with Gasteiger partial charge in [0.2, 0.25) is 0 Å². The van der Waals surface area contributed by atoms with Crippen LogP contribution in [0.5, 0.6) is 0 Å². The van der Waals surface area contributed by atoms with Crippen molar-refractivity contribution in [2.45, 2.75) is 94.5 Å². The lowest BCUT2D eigenvalue weighted by molar-refractivity contribution is -0.338. The third kappa shape index (κ3) is 1.76. The van der Waals surface area contributed by atoms with Gasteiger partial charge in [-0.25, -0.2) is 9.80 Å². The van der Waals surface area contributed by atoms with Gasteiger partial charge in [-0.2, -0.15) is 0 Å². The number of hydrogen-bond acceptors (Lipinski definition) is 4. The van der Waals surface area contributed by atoms with E-state index in [1.165, 1.54) is 77.3 Å². The maximum atomic E-state index is 6.84. The van der Waals surface area contributed by atoms with Crippen LogP contribution in [-0.2, 0) is 9.47 Å². The van der Waals surface area contributed by atoms with Gasteiger partial charge in [0.05, 0.1) is 12.2 Å². The van der Waals surface area contributed by atoms with Crippen LogP contribution in [0.1, 0.15) is 64.2 Å². The molecule has 0 radical (unpaired) electrons. The predicted octanol–water partition coefficient (Wildman–Crippen LogP) is 2.92. The Morgan fingerprint density at radius 3 is 1.61 bits per heavy atom. The van der Waals surface area contributed by atoms with Crippen LogP contribution < -0.4 is 0 Å². The molecule has 4 nitrogen and oxygen atoms in total. The zero-order chi connectivity index (χ0) is 15.0. The second-order valence-electron chi connectivity index (χ2n) is 8.90. The molecule has 0 aromatic rings. The lowest BCUT2D eigenvalue weighted by Crippen LogP contribution is -2.63. The van der Waals surface area contributed by atoms with Gasteiger partial charge in [0.15, 0.2) is 0 Å². The van der Waals surface area contributed by atoms with Crippen LogP contribution >= 0.6 is 0 Å². The molecule has 23 heavy (non-hydrogen) atoms. The topological polar surface area (TPSA) is 24.9 Å². The van der Waals surface area contributed by atoms with Crippen molar-refractivity contribution in [1.29, 1.82) is 0 Å². The Bertz CT molecular complexity index is 450. The Labute approximate surface area is 139 Å². The average molecular weight is 318 g/mol. The first-order chi connectivity index (χ1) is 11.4. The van der Waals surface area contributed by atoms with Gasteiger partial charge in [0.25, 0.3) is 6.03 Å². The summed E-state index contributed by atoms with van der Waals surface area (Å²) in [5, 5.41) is 0. The first-order valence-corrected chi connectivity index (χ1v) is 10.3. The Hall–Kier alpha value is -0.160. The SMILES string of the molecule is C1CC2CCCN3C2C(C1)OC31OC2CCCC3CCCN1C32. The quantitative estimate of drug-likeness (QED) is 0.686. The molecule has 0 bridgehead atoms. The highest BCUT2D eigenvalue weighted by atomic mass is 16.8. The first-order valence-electron chi connectivity index (χ1n) is 10.3. The molecule has 6 unspecified atom stereocenters. The summed E-state index contributed by atoms with van der Waals surface area (Å²) < 4.78 is 13.7. The first kappa shape index (κ1) is 14.1. The van der Waals surface area contributed by atoms with Gasteiger partial charge in [-0.3, -0.25) is 0 Å². The maximum Gasteiger partial charge on any atom is 0.298 e. The highest BCUT2D eigenvalue weighted by Crippen LogP contribution is 2.55. The van der Waals surface area contributed by atoms with Crippen molar-refractivity contribution in [2.24, 2.45) is 11.8 Å². The van der Waals surface area contributed by atoms with E-state index in [0.717, 1.165) is 11.8 Å². The van der Waals surface area contributed by atoms with E-state index in [-0.39, 0.29) is 0 Å². The Kier molecular flexibility index (Phi) is 3.02. The minimum atomic E-state index is -0.476. The van der Waals surface area contributed by atoms with E-state index in [0.29, 0.717) is 24.3 Å². The van der Waals surface area contributed by atoms with E-state index in [9.17, 15) is 0 Å². The smallest absolute Gasteiger partial charge is 0.298 e. The number of piperidine rings is 2. The molecule has 128 valence electrons. The van der Waals surface area contributed by atoms with Crippen molar-refractivity contribution in [3.8, 4) is 0 Å². The van der Waals surface area contributed by atoms with Gasteiger partial charge in [-0.1, -0.05) is 12.8 Å². The molecular formula is C19H30N2O2. The van der Waals surface area contributed by atoms with Crippen LogP contribution in [-0.4, -0.2) is 53.2 Å². The second kappa shape index (κ2) is 4.94. The molecule has 6 rings (SSSR count). The highest BCUT2D eigenvalue weighted by molar-refractivity contribution is 5.08. The number of rotatable bonds is 0. The van der Waals surface area contributed by atoms with E-state index in [4.69, 9.17) is 9.47 Å². The highest BCUT2D eigenvalue weighted by Gasteiger charge is 2.68. The van der Waals surface area contributed by atoms with Crippen LogP contribution in [0.4, 0.5) is 0 Å². The summed E-state index contributed by atoms with van der Waals surface area (Å²) in [5.74, 6) is 1.71. The molecular weight excluding hydrogens is 288 g/mol. The van der Waals surface area contributed by atoms with Crippen LogP contribution in [0, 0.1) is 11.8 Å². The molecule has 6 fully saturated rings. The summed E-state index contributed by atoms with van der Waals surface area (Å²) in [5.41, 5.74) is 0. The van der Waals surface area contributed by atoms with Crippen molar-refractivity contribution in [1.82, 2.24) is 9.80 Å². The number of ether oxygens (including phenoxy) is 2. The molecule has 1 spiro atoms. The molecule has 4 saturated heterocycles. The van der Waals surface area contributed by atoms with Crippen LogP contribution in [0.3, 0.4) is 0 Å². The molecule has 0 aromatic carbocycles. The summed E-state index contributed by atoms with van der Waals surface area (Å²) >= 11 is 0. The van der Waals surface area contributed by atoms with Gasteiger partial charge < -0.3 is 9.47 Å². The Morgan fingerprint density at radius 2 is 1.09 bits per heavy atom. The summed E-state index contributed by atoms with van der Waals surface area (Å²) in [6, 6.07) is 0.799. The van der Waals surface area contributed by atoms with Crippen molar-refractivity contribution < 1.29 is 9.47 Å². The normalized spacial score (nSPS) is 55.8. The van der Waals surface area contributed by atoms with E-state index in [1.807, 2.05) is 0 Å². The minimum Gasteiger partial charge on any atom is -0.319 e. The van der Waals surface area contributed by atoms with E-state index in [2.05, 4.69) is 9.80 Å². The number of hydrogen-bond donors (Lipinski definition) is 0. The second-order valence-corrected chi connectivity index (χ2v) is 8.90. The predicted molar refractivity (Wildman–Crippen MR) is 86.6 cm³/mol. The number of nitrogens with zero attached hydrogens (tertiary/aromatic N) is 2. The van der Waals surface area contributed by atoms with Crippen LogP contribution in [0.25, 0.3) is 0 Å². The molecule has 4 heteroatoms. The van der Waals surface area contributed by atoms with Gasteiger partial charge in [-0.15, -0.1) is 0 Å². The fraction of sp³-hybridized carbons (Fsp3) is 1.00. The van der Waals surface area contributed by atoms with E-state index >= 15 is 0 Å². The molecule has 0 amide bonds. The largest absolute Gasteiger partial charge is 0.319 e. The van der Waals surface area contributed by atoms with Gasteiger partial charge in [0, 0.05) is 25.2 Å². The zero-order valence-corrected chi connectivity index (χ0v) is 14.2. The fourth-order valence-corrected chi connectivity index (χ4v) is 7.11. The van der Waals surface area contributed by atoms with Crippen molar-refractivity contribution in [3.05, 3.63) is 0 Å². The monoisotopic (exact) mass is 318 g/mol. The Morgan fingerprint density at radius 1 is 0.609 bits per heavy atom. The molecule has 6 aliphatic rings. The van der Waals surface area contributed by atoms with Gasteiger partial charge in [-0.05, 0) is 63.2 Å². The lowest BCUT2D eigenvalue weighted by Gasteiger charge is -2.48. The summed E-state index contributed by atoms with van der Waals surface area (Å²) in [6.07, 6.45) is 14.3. The third-order valence-corrected chi connectivity index (χ3v) is 7.86. The standard InChI is InChI=1S/C19H30N2O2/c1-5-13-7-3-11-20-17(13)15(9-1)22-19(20)21-12-4-8-14-6-2-10-16(23-19)18(14)21/h13-18H,1-12H2. The lowest BCUT2D eigenvalue weighted by atomic mass is 9.77. The van der Waals surface area contributed by atoms with E-state index < -0.39 is 6.03 Å². The molecule has 0 N–H and O–H groups in total. The fourth-order valence-electron chi connectivity index (χ4n) is 7.11. The molecule has 2 saturated carbocycles. The van der Waals surface area contributed by atoms with Gasteiger partial charge in [0.1, 0.15) is 0 Å². The summed E-state index contributed by atoms with van der Waals surface area (Å²) in [6.45, 7) is 2.36. The zero-order valence-electron chi connectivity index (χ0n) is 14.2. The van der Waals surface area contributed by atoms with Gasteiger partial charge >= 0.3 is 0 Å².